The maximum absolute atomic E-state index is 11.2. The molecule has 1 aromatic heterocycles. The molecule has 2 atom stereocenters. The first kappa shape index (κ1) is 11.9. The lowest BCUT2D eigenvalue weighted by atomic mass is 10.0. The van der Waals surface area contributed by atoms with Crippen LogP contribution in [0.2, 0.25) is 0 Å². The number of benzene rings is 1. The van der Waals surface area contributed by atoms with E-state index >= 15 is 0 Å². The van der Waals surface area contributed by atoms with Gasteiger partial charge in [-0.3, -0.25) is 4.79 Å². The topological polar surface area (TPSA) is 75.1 Å². The lowest BCUT2D eigenvalue weighted by molar-refractivity contribution is -0.141. The summed E-state index contributed by atoms with van der Waals surface area (Å²) in [5.74, 6) is -0.389. The molecule has 1 fully saturated rings. The van der Waals surface area contributed by atoms with Gasteiger partial charge in [-0.2, -0.15) is 5.10 Å². The zero-order chi connectivity index (χ0) is 13.2. The number of carboxylic acids is 1. The summed E-state index contributed by atoms with van der Waals surface area (Å²) in [4.78, 5) is 11.2. The van der Waals surface area contributed by atoms with Gasteiger partial charge in [-0.25, -0.2) is 0 Å². The molecule has 0 radical (unpaired) electrons. The number of carboxylic acid groups (broad SMARTS) is 1. The zero-order valence-electron chi connectivity index (χ0n) is 10.4. The van der Waals surface area contributed by atoms with E-state index in [2.05, 4.69) is 15.5 Å². The monoisotopic (exact) mass is 257 g/mol. The molecule has 2 unspecified atom stereocenters. The number of fused-ring (bicyclic) bond motifs is 1. The van der Waals surface area contributed by atoms with Crippen molar-refractivity contribution in [3.63, 3.8) is 0 Å². The Morgan fingerprint density at radius 3 is 3.00 bits per heavy atom. The van der Waals surface area contributed by atoms with E-state index in [9.17, 15) is 9.90 Å². The van der Waals surface area contributed by atoms with E-state index in [0.717, 1.165) is 30.0 Å². The second-order valence-corrected chi connectivity index (χ2v) is 4.91. The predicted octanol–water partition coefficient (Wildman–Crippen LogP) is 2.29. The average molecular weight is 257 g/mol. The molecule has 5 heteroatoms. The van der Waals surface area contributed by atoms with Crippen molar-refractivity contribution in [2.24, 2.45) is 5.92 Å². The van der Waals surface area contributed by atoms with Crippen molar-refractivity contribution in [3.8, 4) is 0 Å². The number of hydrogen-bond acceptors (Lipinski definition) is 4. The number of hydrogen-bond donors (Lipinski definition) is 2. The molecule has 0 amide bonds. The first-order valence-electron chi connectivity index (χ1n) is 6.45. The number of anilines is 1. The number of carbonyl (C=O) groups is 1. The van der Waals surface area contributed by atoms with E-state index in [0.29, 0.717) is 5.82 Å². The van der Waals surface area contributed by atoms with Crippen molar-refractivity contribution >= 4 is 22.6 Å². The molecule has 2 N–H and O–H groups in total. The minimum atomic E-state index is -0.733. The van der Waals surface area contributed by atoms with E-state index in [-0.39, 0.29) is 12.0 Å². The van der Waals surface area contributed by atoms with Gasteiger partial charge in [0.1, 0.15) is 0 Å². The van der Waals surface area contributed by atoms with Crippen LogP contribution in [0.15, 0.2) is 30.5 Å². The van der Waals surface area contributed by atoms with Crippen LogP contribution in [0.4, 0.5) is 5.82 Å². The average Bonchev–Trinajstić information content (AvgIpc) is 2.87. The molecule has 0 bridgehead atoms. The van der Waals surface area contributed by atoms with Gasteiger partial charge in [0.15, 0.2) is 5.82 Å². The van der Waals surface area contributed by atoms with Gasteiger partial charge in [-0.15, -0.1) is 5.10 Å². The summed E-state index contributed by atoms with van der Waals surface area (Å²) in [6.45, 7) is 0. The van der Waals surface area contributed by atoms with E-state index in [1.165, 1.54) is 0 Å². The van der Waals surface area contributed by atoms with Crippen molar-refractivity contribution in [1.82, 2.24) is 10.2 Å². The van der Waals surface area contributed by atoms with Crippen molar-refractivity contribution in [2.45, 2.75) is 25.3 Å². The fraction of sp³-hybridized carbons (Fsp3) is 0.357. The Morgan fingerprint density at radius 2 is 2.16 bits per heavy atom. The summed E-state index contributed by atoms with van der Waals surface area (Å²) in [5.41, 5.74) is 0. The molecule has 19 heavy (non-hydrogen) atoms. The summed E-state index contributed by atoms with van der Waals surface area (Å²) in [7, 11) is 0. The third kappa shape index (κ3) is 2.23. The van der Waals surface area contributed by atoms with Crippen molar-refractivity contribution < 1.29 is 9.90 Å². The lowest BCUT2D eigenvalue weighted by Crippen LogP contribution is -2.30. The summed E-state index contributed by atoms with van der Waals surface area (Å²) >= 11 is 0. The van der Waals surface area contributed by atoms with E-state index in [1.807, 2.05) is 24.3 Å². The molecular weight excluding hydrogens is 242 g/mol. The Kier molecular flexibility index (Phi) is 3.03. The van der Waals surface area contributed by atoms with Crippen molar-refractivity contribution in [3.05, 3.63) is 30.5 Å². The molecule has 0 aliphatic heterocycles. The molecular formula is C14H15N3O2. The smallest absolute Gasteiger partial charge is 0.308 e. The minimum absolute atomic E-state index is 0.0578. The number of aromatic nitrogens is 2. The molecule has 1 aliphatic rings. The van der Waals surface area contributed by atoms with E-state index in [1.54, 1.807) is 6.20 Å². The molecule has 2 aromatic rings. The van der Waals surface area contributed by atoms with Crippen LogP contribution in [0.1, 0.15) is 19.3 Å². The molecule has 0 saturated heterocycles. The maximum atomic E-state index is 11.2. The highest BCUT2D eigenvalue weighted by Gasteiger charge is 2.33. The molecule has 0 spiro atoms. The first-order chi connectivity index (χ1) is 9.25. The largest absolute Gasteiger partial charge is 0.481 e. The van der Waals surface area contributed by atoms with Crippen LogP contribution in [-0.4, -0.2) is 27.3 Å². The van der Waals surface area contributed by atoms with Crippen LogP contribution in [0.3, 0.4) is 0 Å². The Bertz CT molecular complexity index is 609. The standard InChI is InChI=1S/C14H15N3O2/c18-14(19)11-6-3-7-12(11)16-13-10-5-2-1-4-9(10)8-15-17-13/h1-2,4-5,8,11-12H,3,6-7H2,(H,16,17)(H,18,19). The third-order valence-corrected chi connectivity index (χ3v) is 3.73. The fourth-order valence-corrected chi connectivity index (χ4v) is 2.74. The third-order valence-electron chi connectivity index (χ3n) is 3.73. The van der Waals surface area contributed by atoms with Crippen LogP contribution in [0.5, 0.6) is 0 Å². The van der Waals surface area contributed by atoms with Gasteiger partial charge in [-0.05, 0) is 12.8 Å². The van der Waals surface area contributed by atoms with Crippen LogP contribution in [0, 0.1) is 5.92 Å². The van der Waals surface area contributed by atoms with Gasteiger partial charge in [0, 0.05) is 16.8 Å². The molecule has 5 nitrogen and oxygen atoms in total. The summed E-state index contributed by atoms with van der Waals surface area (Å²) in [5, 5.41) is 22.5. The zero-order valence-corrected chi connectivity index (χ0v) is 10.4. The summed E-state index contributed by atoms with van der Waals surface area (Å²) < 4.78 is 0. The highest BCUT2D eigenvalue weighted by molar-refractivity contribution is 5.91. The highest BCUT2D eigenvalue weighted by atomic mass is 16.4. The van der Waals surface area contributed by atoms with Gasteiger partial charge in [0.25, 0.3) is 0 Å². The first-order valence-corrected chi connectivity index (χ1v) is 6.45. The minimum Gasteiger partial charge on any atom is -0.481 e. The van der Waals surface area contributed by atoms with Crippen LogP contribution in [-0.2, 0) is 4.79 Å². The second kappa shape index (κ2) is 4.84. The molecule has 1 heterocycles. The van der Waals surface area contributed by atoms with Gasteiger partial charge in [0.05, 0.1) is 12.1 Å². The van der Waals surface area contributed by atoms with Gasteiger partial charge in [-0.1, -0.05) is 30.7 Å². The highest BCUT2D eigenvalue weighted by Crippen LogP contribution is 2.30. The summed E-state index contributed by atoms with van der Waals surface area (Å²) in [6, 6.07) is 7.77. The molecule has 3 rings (SSSR count). The van der Waals surface area contributed by atoms with Gasteiger partial charge in [0.2, 0.25) is 0 Å². The van der Waals surface area contributed by atoms with Crippen molar-refractivity contribution in [2.75, 3.05) is 5.32 Å². The fourth-order valence-electron chi connectivity index (χ4n) is 2.74. The SMILES string of the molecule is O=C(O)C1CCCC1Nc1nncc2ccccc12. The second-order valence-electron chi connectivity index (χ2n) is 4.91. The Labute approximate surface area is 110 Å². The molecule has 1 saturated carbocycles. The lowest BCUT2D eigenvalue weighted by Gasteiger charge is -2.18. The van der Waals surface area contributed by atoms with Gasteiger partial charge >= 0.3 is 5.97 Å². The van der Waals surface area contributed by atoms with Crippen LogP contribution < -0.4 is 5.32 Å². The number of nitrogens with zero attached hydrogens (tertiary/aromatic N) is 2. The van der Waals surface area contributed by atoms with E-state index in [4.69, 9.17) is 0 Å². The number of nitrogens with one attached hydrogen (secondary N) is 1. The quantitative estimate of drug-likeness (QED) is 0.882. The Morgan fingerprint density at radius 1 is 1.32 bits per heavy atom. The molecule has 98 valence electrons. The maximum Gasteiger partial charge on any atom is 0.308 e. The number of rotatable bonds is 3. The molecule has 1 aliphatic carbocycles. The Balaban J connectivity index is 1.91. The van der Waals surface area contributed by atoms with Crippen LogP contribution in [0.25, 0.3) is 10.8 Å². The molecule has 1 aromatic carbocycles. The van der Waals surface area contributed by atoms with Crippen LogP contribution >= 0.6 is 0 Å². The predicted molar refractivity (Wildman–Crippen MR) is 71.9 cm³/mol. The van der Waals surface area contributed by atoms with E-state index < -0.39 is 5.97 Å². The number of aliphatic carboxylic acids is 1. The Hall–Kier alpha value is -2.17. The normalized spacial score (nSPS) is 22.5. The van der Waals surface area contributed by atoms with Gasteiger partial charge < -0.3 is 10.4 Å². The van der Waals surface area contributed by atoms with Crippen molar-refractivity contribution in [1.29, 1.82) is 0 Å². The summed E-state index contributed by atoms with van der Waals surface area (Å²) in [6.07, 6.45) is 4.24.